The Labute approximate surface area is 208 Å². The number of halogens is 1. The Morgan fingerprint density at radius 1 is 0.889 bits per heavy atom. The fourth-order valence-electron chi connectivity index (χ4n) is 4.14. The third-order valence-corrected chi connectivity index (χ3v) is 6.01. The molecule has 36 heavy (non-hydrogen) atoms. The second kappa shape index (κ2) is 11.0. The molecule has 0 radical (unpaired) electrons. The zero-order chi connectivity index (χ0) is 25.7. The first-order chi connectivity index (χ1) is 17.3. The Morgan fingerprint density at radius 3 is 2.33 bits per heavy atom. The van der Waals surface area contributed by atoms with E-state index in [-0.39, 0.29) is 29.3 Å². The molecule has 0 spiro atoms. The number of carboxylic acids is 1. The second-order valence-electron chi connectivity index (χ2n) is 8.65. The standard InChI is InChI=1S/C27H27FN4O4/c1-18-5-4-6-19(15-18)29-25(33)17-31-11-13-32(14-12-31)20-9-10-24(22(16-20)27(35)36)30-26(34)21-7-2-3-8-23(21)28/h2-10,15-16H,11-14,17H2,1H3,(H,29,33)(H,30,34)(H,35,36). The molecule has 3 N–H and O–H groups in total. The van der Waals surface area contributed by atoms with E-state index in [9.17, 15) is 23.9 Å². The minimum absolute atomic E-state index is 0.0860. The summed E-state index contributed by atoms with van der Waals surface area (Å²) in [6, 6.07) is 17.9. The Balaban J connectivity index is 1.37. The number of benzene rings is 3. The van der Waals surface area contributed by atoms with Gasteiger partial charge >= 0.3 is 5.97 Å². The van der Waals surface area contributed by atoms with Crippen molar-refractivity contribution in [3.63, 3.8) is 0 Å². The van der Waals surface area contributed by atoms with Gasteiger partial charge in [0.25, 0.3) is 5.91 Å². The van der Waals surface area contributed by atoms with E-state index in [1.54, 1.807) is 6.07 Å². The third-order valence-electron chi connectivity index (χ3n) is 6.01. The fourth-order valence-corrected chi connectivity index (χ4v) is 4.14. The van der Waals surface area contributed by atoms with E-state index in [0.29, 0.717) is 31.9 Å². The summed E-state index contributed by atoms with van der Waals surface area (Å²) in [6.07, 6.45) is 0. The van der Waals surface area contributed by atoms with E-state index in [1.165, 1.54) is 36.4 Å². The van der Waals surface area contributed by atoms with E-state index in [1.807, 2.05) is 41.0 Å². The number of carbonyl (C=O) groups is 3. The summed E-state index contributed by atoms with van der Waals surface area (Å²) in [5.41, 5.74) is 2.37. The first-order valence-electron chi connectivity index (χ1n) is 11.6. The number of nitrogens with one attached hydrogen (secondary N) is 2. The van der Waals surface area contributed by atoms with Crippen molar-refractivity contribution < 1.29 is 23.9 Å². The van der Waals surface area contributed by atoms with Crippen molar-refractivity contribution in [1.29, 1.82) is 0 Å². The number of carboxylic acid groups (broad SMARTS) is 1. The Bertz CT molecular complexity index is 1290. The van der Waals surface area contributed by atoms with E-state index < -0.39 is 17.7 Å². The van der Waals surface area contributed by atoms with Gasteiger partial charge in [0.2, 0.25) is 5.91 Å². The van der Waals surface area contributed by atoms with Gasteiger partial charge in [-0.15, -0.1) is 0 Å². The molecule has 2 amide bonds. The van der Waals surface area contributed by atoms with Gasteiger partial charge < -0.3 is 20.6 Å². The number of carbonyl (C=O) groups excluding carboxylic acids is 2. The highest BCUT2D eigenvalue weighted by molar-refractivity contribution is 6.08. The maximum absolute atomic E-state index is 13.9. The zero-order valence-electron chi connectivity index (χ0n) is 19.8. The lowest BCUT2D eigenvalue weighted by Crippen LogP contribution is -2.48. The Kier molecular flexibility index (Phi) is 7.60. The minimum atomic E-state index is -1.20. The van der Waals surface area contributed by atoms with Crippen molar-refractivity contribution in [3.05, 3.63) is 89.2 Å². The molecule has 9 heteroatoms. The minimum Gasteiger partial charge on any atom is -0.478 e. The van der Waals surface area contributed by atoms with Gasteiger partial charge in [-0.3, -0.25) is 14.5 Å². The largest absolute Gasteiger partial charge is 0.478 e. The monoisotopic (exact) mass is 490 g/mol. The molecule has 186 valence electrons. The van der Waals surface area contributed by atoms with Gasteiger partial charge in [0.05, 0.1) is 23.4 Å². The quantitative estimate of drug-likeness (QED) is 0.465. The van der Waals surface area contributed by atoms with Crippen molar-refractivity contribution in [1.82, 2.24) is 4.90 Å². The van der Waals surface area contributed by atoms with E-state index in [0.717, 1.165) is 11.3 Å². The average molecular weight is 491 g/mol. The fraction of sp³-hybridized carbons (Fsp3) is 0.222. The van der Waals surface area contributed by atoms with Crippen LogP contribution in [0.5, 0.6) is 0 Å². The van der Waals surface area contributed by atoms with Crippen LogP contribution in [0.2, 0.25) is 0 Å². The predicted octanol–water partition coefficient (Wildman–Crippen LogP) is 3.85. The number of piperazine rings is 1. The molecular formula is C27H27FN4O4. The van der Waals surface area contributed by atoms with Crippen LogP contribution in [0.1, 0.15) is 26.3 Å². The molecule has 1 aliphatic heterocycles. The van der Waals surface area contributed by atoms with Crippen molar-refractivity contribution >= 4 is 34.8 Å². The molecule has 1 saturated heterocycles. The number of amides is 2. The number of anilines is 3. The molecule has 3 aromatic carbocycles. The normalized spacial score (nSPS) is 13.8. The number of aryl methyl sites for hydroxylation is 1. The van der Waals surface area contributed by atoms with Gasteiger partial charge in [0.1, 0.15) is 5.82 Å². The van der Waals surface area contributed by atoms with Crippen LogP contribution >= 0.6 is 0 Å². The van der Waals surface area contributed by atoms with Crippen molar-refractivity contribution in [3.8, 4) is 0 Å². The molecule has 0 aliphatic carbocycles. The lowest BCUT2D eigenvalue weighted by molar-refractivity contribution is -0.117. The van der Waals surface area contributed by atoms with Crippen molar-refractivity contribution in [2.24, 2.45) is 0 Å². The highest BCUT2D eigenvalue weighted by Crippen LogP contribution is 2.25. The molecule has 1 heterocycles. The molecule has 1 aliphatic rings. The summed E-state index contributed by atoms with van der Waals surface area (Å²) in [4.78, 5) is 40.8. The highest BCUT2D eigenvalue weighted by Gasteiger charge is 2.22. The number of hydrogen-bond donors (Lipinski definition) is 3. The summed E-state index contributed by atoms with van der Waals surface area (Å²) < 4.78 is 13.9. The number of aromatic carboxylic acids is 1. The van der Waals surface area contributed by atoms with E-state index in [2.05, 4.69) is 10.6 Å². The molecule has 0 saturated carbocycles. The molecule has 0 aromatic heterocycles. The first-order valence-corrected chi connectivity index (χ1v) is 11.6. The Morgan fingerprint density at radius 2 is 1.64 bits per heavy atom. The van der Waals surface area contributed by atoms with Crippen LogP contribution in [0, 0.1) is 12.7 Å². The third kappa shape index (κ3) is 6.05. The van der Waals surface area contributed by atoms with Crippen molar-refractivity contribution in [2.75, 3.05) is 48.3 Å². The maximum atomic E-state index is 13.9. The Hall–Kier alpha value is -4.24. The summed E-state index contributed by atoms with van der Waals surface area (Å²) in [6.45, 7) is 4.72. The molecule has 4 rings (SSSR count). The summed E-state index contributed by atoms with van der Waals surface area (Å²) in [5.74, 6) is -2.70. The number of rotatable bonds is 7. The van der Waals surface area contributed by atoms with E-state index in [4.69, 9.17) is 0 Å². The molecular weight excluding hydrogens is 463 g/mol. The zero-order valence-corrected chi connectivity index (χ0v) is 19.8. The number of hydrogen-bond acceptors (Lipinski definition) is 5. The van der Waals surface area contributed by atoms with Crippen LogP contribution in [0.15, 0.2) is 66.7 Å². The van der Waals surface area contributed by atoms with Crippen LogP contribution in [-0.4, -0.2) is 60.5 Å². The van der Waals surface area contributed by atoms with Crippen LogP contribution in [0.25, 0.3) is 0 Å². The lowest BCUT2D eigenvalue weighted by atomic mass is 10.1. The molecule has 3 aromatic rings. The summed E-state index contributed by atoms with van der Waals surface area (Å²) in [5, 5.41) is 15.1. The van der Waals surface area contributed by atoms with Gasteiger partial charge in [0.15, 0.2) is 0 Å². The van der Waals surface area contributed by atoms with Crippen LogP contribution in [-0.2, 0) is 4.79 Å². The van der Waals surface area contributed by atoms with Crippen LogP contribution in [0.4, 0.5) is 21.5 Å². The van der Waals surface area contributed by atoms with Gasteiger partial charge in [0, 0.05) is 37.6 Å². The van der Waals surface area contributed by atoms with Gasteiger partial charge in [-0.05, 0) is 55.0 Å². The topological polar surface area (TPSA) is 102 Å². The van der Waals surface area contributed by atoms with Gasteiger partial charge in [-0.25, -0.2) is 9.18 Å². The highest BCUT2D eigenvalue weighted by atomic mass is 19.1. The van der Waals surface area contributed by atoms with Crippen LogP contribution in [0.3, 0.4) is 0 Å². The first kappa shape index (κ1) is 24.9. The molecule has 0 bridgehead atoms. The van der Waals surface area contributed by atoms with Crippen LogP contribution < -0.4 is 15.5 Å². The molecule has 0 atom stereocenters. The van der Waals surface area contributed by atoms with Gasteiger partial charge in [-0.2, -0.15) is 0 Å². The second-order valence-corrected chi connectivity index (χ2v) is 8.65. The predicted molar refractivity (Wildman–Crippen MR) is 136 cm³/mol. The number of nitrogens with zero attached hydrogens (tertiary/aromatic N) is 2. The maximum Gasteiger partial charge on any atom is 0.337 e. The van der Waals surface area contributed by atoms with E-state index >= 15 is 0 Å². The smallest absolute Gasteiger partial charge is 0.337 e. The molecule has 1 fully saturated rings. The summed E-state index contributed by atoms with van der Waals surface area (Å²) in [7, 11) is 0. The molecule has 0 unspecified atom stereocenters. The average Bonchev–Trinajstić information content (AvgIpc) is 2.85. The SMILES string of the molecule is Cc1cccc(NC(=O)CN2CCN(c3ccc(NC(=O)c4ccccc4F)c(C(=O)O)c3)CC2)c1. The van der Waals surface area contributed by atoms with Crippen molar-refractivity contribution in [2.45, 2.75) is 6.92 Å². The summed E-state index contributed by atoms with van der Waals surface area (Å²) >= 11 is 0. The lowest BCUT2D eigenvalue weighted by Gasteiger charge is -2.36. The molecule has 8 nitrogen and oxygen atoms in total. The van der Waals surface area contributed by atoms with Gasteiger partial charge in [-0.1, -0.05) is 24.3 Å².